The zero-order valence-corrected chi connectivity index (χ0v) is 23.7. The van der Waals surface area contributed by atoms with Gasteiger partial charge in [-0.3, -0.25) is 0 Å². The van der Waals surface area contributed by atoms with Gasteiger partial charge in [0, 0.05) is 6.42 Å². The summed E-state index contributed by atoms with van der Waals surface area (Å²) in [5.41, 5.74) is 1.83. The maximum absolute atomic E-state index is 13.4. The molecule has 6 heteroatoms. The van der Waals surface area contributed by atoms with Gasteiger partial charge in [0.1, 0.15) is 12.6 Å². The Kier molecular flexibility index (Phi) is 9.73. The number of nitrogens with one attached hydrogen (secondary N) is 1. The lowest BCUT2D eigenvalue weighted by molar-refractivity contribution is -0.147. The third-order valence-electron chi connectivity index (χ3n) is 6.47. The van der Waals surface area contributed by atoms with Gasteiger partial charge in [-0.1, -0.05) is 116 Å². The molecule has 0 aliphatic carbocycles. The fraction of sp³-hybridized carbons (Fsp3) is 0.517. The number of carbonyl (C=O) groups is 2. The molecule has 0 aromatic heterocycles. The first kappa shape index (κ1) is 28.6. The molecule has 2 aromatic carbocycles. The van der Waals surface area contributed by atoms with E-state index in [1.165, 1.54) is 0 Å². The second-order valence-electron chi connectivity index (χ2n) is 11.8. The molecule has 1 atom stereocenters. The molecule has 0 radical (unpaired) electrons. The predicted molar refractivity (Wildman–Crippen MR) is 145 cm³/mol. The fourth-order valence-corrected chi connectivity index (χ4v) is 10.6. The van der Waals surface area contributed by atoms with E-state index in [0.717, 1.165) is 17.2 Å². The molecular formula is C29H43NO4Si. The minimum atomic E-state index is -2.65. The second-order valence-corrected chi connectivity index (χ2v) is 17.1. The van der Waals surface area contributed by atoms with Crippen LogP contribution in [0.15, 0.2) is 60.7 Å². The van der Waals surface area contributed by atoms with E-state index in [1.807, 2.05) is 60.7 Å². The summed E-state index contributed by atoms with van der Waals surface area (Å²) < 4.78 is 12.0. The molecule has 0 saturated heterocycles. The zero-order valence-electron chi connectivity index (χ0n) is 22.7. The van der Waals surface area contributed by atoms with Gasteiger partial charge in [-0.25, -0.2) is 9.59 Å². The Hall–Kier alpha value is -2.60. The quantitative estimate of drug-likeness (QED) is 0.292. The van der Waals surface area contributed by atoms with E-state index in [9.17, 15) is 9.59 Å². The summed E-state index contributed by atoms with van der Waals surface area (Å²) in [6.45, 7) is 17.5. The van der Waals surface area contributed by atoms with E-state index in [-0.39, 0.29) is 16.7 Å². The fourth-order valence-electron chi connectivity index (χ4n) is 4.86. The Bertz CT molecular complexity index is 932. The first-order chi connectivity index (χ1) is 16.2. The smallest absolute Gasteiger partial charge is 0.394 e. The largest absolute Gasteiger partial charge is 0.502 e. The lowest BCUT2D eigenvalue weighted by Gasteiger charge is -2.50. The second kappa shape index (κ2) is 11.9. The lowest BCUT2D eigenvalue weighted by Crippen LogP contribution is -2.58. The summed E-state index contributed by atoms with van der Waals surface area (Å²) >= 11 is 0. The van der Waals surface area contributed by atoms with Crippen molar-refractivity contribution in [2.45, 2.75) is 90.6 Å². The Balaban J connectivity index is 2.27. The van der Waals surface area contributed by atoms with E-state index in [1.54, 1.807) is 0 Å². The number of hydrogen-bond donors (Lipinski definition) is 1. The van der Waals surface area contributed by atoms with Crippen LogP contribution >= 0.6 is 0 Å². The van der Waals surface area contributed by atoms with E-state index in [4.69, 9.17) is 9.16 Å². The number of hydrogen-bond acceptors (Lipinski definition) is 4. The topological polar surface area (TPSA) is 64.6 Å². The summed E-state index contributed by atoms with van der Waals surface area (Å²) in [5, 5.41) is 2.50. The van der Waals surface area contributed by atoms with E-state index in [0.29, 0.717) is 12.3 Å². The summed E-state index contributed by atoms with van der Waals surface area (Å²) in [6, 6.07) is 19.1. The highest BCUT2D eigenvalue weighted by atomic mass is 28.4. The van der Waals surface area contributed by atoms with Crippen LogP contribution in [0.1, 0.15) is 66.5 Å². The van der Waals surface area contributed by atoms with Gasteiger partial charge < -0.3 is 14.5 Å². The molecule has 0 heterocycles. The van der Waals surface area contributed by atoms with Gasteiger partial charge >= 0.3 is 12.1 Å². The summed E-state index contributed by atoms with van der Waals surface area (Å²) in [4.78, 5) is 26.5. The van der Waals surface area contributed by atoms with E-state index in [2.05, 4.69) is 60.7 Å². The van der Waals surface area contributed by atoms with Gasteiger partial charge in [0.2, 0.25) is 0 Å². The molecule has 192 valence electrons. The van der Waals surface area contributed by atoms with Crippen LogP contribution in [-0.2, 0) is 27.0 Å². The monoisotopic (exact) mass is 497 g/mol. The van der Waals surface area contributed by atoms with Crippen LogP contribution in [0.2, 0.25) is 16.1 Å². The first-order valence-corrected chi connectivity index (χ1v) is 14.6. The number of ether oxygens (including phenoxy) is 1. The number of benzene rings is 2. The van der Waals surface area contributed by atoms with Crippen LogP contribution in [-0.4, -0.2) is 26.4 Å². The first-order valence-electron chi connectivity index (χ1n) is 12.5. The molecule has 0 saturated carbocycles. The molecule has 2 aromatic rings. The minimum absolute atomic E-state index is 0.151. The Morgan fingerprint density at radius 3 is 1.77 bits per heavy atom. The summed E-state index contributed by atoms with van der Waals surface area (Å²) in [7, 11) is -2.65. The number of carbonyl (C=O) groups excluding carboxylic acids is 2. The molecule has 1 amide bonds. The van der Waals surface area contributed by atoms with Crippen molar-refractivity contribution in [3.8, 4) is 0 Å². The van der Waals surface area contributed by atoms with Crippen molar-refractivity contribution in [2.24, 2.45) is 5.92 Å². The third kappa shape index (κ3) is 7.96. The van der Waals surface area contributed by atoms with Gasteiger partial charge in [0.25, 0.3) is 8.32 Å². The minimum Gasteiger partial charge on any atom is -0.502 e. The van der Waals surface area contributed by atoms with Crippen LogP contribution in [0.4, 0.5) is 4.79 Å². The third-order valence-corrected chi connectivity index (χ3v) is 13.2. The molecule has 35 heavy (non-hydrogen) atoms. The molecule has 5 nitrogen and oxygen atoms in total. The molecular weight excluding hydrogens is 454 g/mol. The highest BCUT2D eigenvalue weighted by molar-refractivity contribution is 6.80. The van der Waals surface area contributed by atoms with Gasteiger partial charge in [-0.2, -0.15) is 0 Å². The molecule has 0 aliphatic heterocycles. The molecule has 0 unspecified atom stereocenters. The van der Waals surface area contributed by atoms with Crippen molar-refractivity contribution in [1.29, 1.82) is 0 Å². The normalized spacial score (nSPS) is 13.3. The number of amides is 1. The lowest BCUT2D eigenvalue weighted by atomic mass is 10.1. The van der Waals surface area contributed by atoms with Crippen molar-refractivity contribution < 1.29 is 18.8 Å². The standard InChI is InChI=1S/C29H43NO4Si/c1-22(2)21-35(28(3,4)5,29(6,7)8)34-27(32)30-25(19-23-15-11-9-12-16-23)26(31)33-20-24-17-13-10-14-18-24/h9-18,22,25H,19-21H2,1-8H3,(H,30,32)/t25-/m0/s1. The maximum atomic E-state index is 13.4. The van der Waals surface area contributed by atoms with Crippen LogP contribution in [0, 0.1) is 5.92 Å². The van der Waals surface area contributed by atoms with Crippen molar-refractivity contribution in [1.82, 2.24) is 5.32 Å². The van der Waals surface area contributed by atoms with Crippen molar-refractivity contribution in [3.63, 3.8) is 0 Å². The Morgan fingerprint density at radius 1 is 0.829 bits per heavy atom. The van der Waals surface area contributed by atoms with Gasteiger partial charge in [0.15, 0.2) is 0 Å². The average molecular weight is 498 g/mol. The molecule has 1 N–H and O–H groups in total. The molecule has 0 bridgehead atoms. The summed E-state index contributed by atoms with van der Waals surface area (Å²) in [6.07, 6.45) is -0.215. The highest BCUT2D eigenvalue weighted by Crippen LogP contribution is 2.55. The Morgan fingerprint density at radius 2 is 1.31 bits per heavy atom. The molecule has 0 aliphatic rings. The van der Waals surface area contributed by atoms with Crippen LogP contribution in [0.5, 0.6) is 0 Å². The van der Waals surface area contributed by atoms with Gasteiger partial charge in [-0.05, 0) is 33.2 Å². The Labute approximate surface area is 212 Å². The predicted octanol–water partition coefficient (Wildman–Crippen LogP) is 7.27. The average Bonchev–Trinajstić information content (AvgIpc) is 2.76. The zero-order chi connectivity index (χ0) is 26.3. The molecule has 0 fully saturated rings. The highest BCUT2D eigenvalue weighted by Gasteiger charge is 2.58. The van der Waals surface area contributed by atoms with Gasteiger partial charge in [-0.15, -0.1) is 0 Å². The van der Waals surface area contributed by atoms with Crippen LogP contribution < -0.4 is 5.32 Å². The van der Waals surface area contributed by atoms with Crippen molar-refractivity contribution in [2.75, 3.05) is 0 Å². The number of esters is 1. The molecule has 0 spiro atoms. The maximum Gasteiger partial charge on any atom is 0.394 e. The van der Waals surface area contributed by atoms with E-state index < -0.39 is 26.4 Å². The molecule has 2 rings (SSSR count). The SMILES string of the molecule is CC(C)C[Si](OC(=O)N[C@@H](Cc1ccccc1)C(=O)OCc1ccccc1)(C(C)(C)C)C(C)(C)C. The summed E-state index contributed by atoms with van der Waals surface area (Å²) in [5.74, 6) is -0.0961. The van der Waals surface area contributed by atoms with Gasteiger partial charge in [0.05, 0.1) is 0 Å². The van der Waals surface area contributed by atoms with Crippen molar-refractivity contribution in [3.05, 3.63) is 71.8 Å². The van der Waals surface area contributed by atoms with E-state index >= 15 is 0 Å². The van der Waals surface area contributed by atoms with Crippen LogP contribution in [0.3, 0.4) is 0 Å². The van der Waals surface area contributed by atoms with Crippen molar-refractivity contribution >= 4 is 20.4 Å². The van der Waals surface area contributed by atoms with Crippen LogP contribution in [0.25, 0.3) is 0 Å². The number of rotatable bonds is 9.